The van der Waals surface area contributed by atoms with Crippen LogP contribution in [0.2, 0.25) is 0 Å². The van der Waals surface area contributed by atoms with Crippen molar-refractivity contribution < 1.29 is 5.11 Å². The van der Waals surface area contributed by atoms with Crippen molar-refractivity contribution >= 4 is 5.69 Å². The van der Waals surface area contributed by atoms with Crippen LogP contribution in [0.15, 0.2) is 42.7 Å². The van der Waals surface area contributed by atoms with Gasteiger partial charge < -0.3 is 10.8 Å². The molecule has 3 nitrogen and oxygen atoms in total. The maximum atomic E-state index is 10.1. The maximum absolute atomic E-state index is 10.1. The zero-order valence-corrected chi connectivity index (χ0v) is 9.80. The SMILES string of the molecule is Cc1cccc(C(O)Cc2cnccc2N)c1. The highest BCUT2D eigenvalue weighted by atomic mass is 16.3. The van der Waals surface area contributed by atoms with Crippen LogP contribution in [-0.2, 0) is 6.42 Å². The van der Waals surface area contributed by atoms with Crippen molar-refractivity contribution in [3.05, 3.63) is 59.4 Å². The highest BCUT2D eigenvalue weighted by Crippen LogP contribution is 2.21. The van der Waals surface area contributed by atoms with E-state index >= 15 is 0 Å². The zero-order chi connectivity index (χ0) is 12.3. The first-order chi connectivity index (χ1) is 8.16. The normalized spacial score (nSPS) is 12.4. The van der Waals surface area contributed by atoms with Gasteiger partial charge in [-0.2, -0.15) is 0 Å². The number of nitrogens with zero attached hydrogens (tertiary/aromatic N) is 1. The topological polar surface area (TPSA) is 59.1 Å². The van der Waals surface area contributed by atoms with Gasteiger partial charge in [0, 0.05) is 24.5 Å². The molecule has 17 heavy (non-hydrogen) atoms. The Balaban J connectivity index is 2.17. The van der Waals surface area contributed by atoms with E-state index < -0.39 is 6.10 Å². The van der Waals surface area contributed by atoms with Crippen molar-refractivity contribution in [1.82, 2.24) is 4.98 Å². The van der Waals surface area contributed by atoms with E-state index in [0.717, 1.165) is 16.7 Å². The van der Waals surface area contributed by atoms with Gasteiger partial charge in [0.2, 0.25) is 0 Å². The fourth-order valence-electron chi connectivity index (χ4n) is 1.81. The minimum absolute atomic E-state index is 0.489. The molecule has 0 aliphatic rings. The van der Waals surface area contributed by atoms with E-state index in [0.29, 0.717) is 12.1 Å². The molecule has 2 rings (SSSR count). The molecular formula is C14H16N2O. The molecule has 1 heterocycles. The molecule has 0 fully saturated rings. The van der Waals surface area contributed by atoms with Gasteiger partial charge in [0.1, 0.15) is 0 Å². The molecule has 3 N–H and O–H groups in total. The predicted octanol–water partition coefficient (Wildman–Crippen LogP) is 2.25. The summed E-state index contributed by atoms with van der Waals surface area (Å²) in [6.07, 6.45) is 3.30. The third-order valence-corrected chi connectivity index (χ3v) is 2.78. The fraction of sp³-hybridized carbons (Fsp3) is 0.214. The van der Waals surface area contributed by atoms with Crippen LogP contribution in [0.5, 0.6) is 0 Å². The Labute approximate surface area is 101 Å². The van der Waals surface area contributed by atoms with Crippen LogP contribution in [0.1, 0.15) is 22.8 Å². The number of aliphatic hydroxyl groups is 1. The van der Waals surface area contributed by atoms with Gasteiger partial charge in [-0.05, 0) is 24.1 Å². The predicted molar refractivity (Wildman–Crippen MR) is 68.5 cm³/mol. The molecule has 1 aromatic carbocycles. The van der Waals surface area contributed by atoms with E-state index in [1.165, 1.54) is 0 Å². The van der Waals surface area contributed by atoms with Crippen LogP contribution in [0.25, 0.3) is 0 Å². The summed E-state index contributed by atoms with van der Waals surface area (Å²) in [5.74, 6) is 0. The van der Waals surface area contributed by atoms with Crippen molar-refractivity contribution in [1.29, 1.82) is 0 Å². The van der Waals surface area contributed by atoms with Gasteiger partial charge in [-0.3, -0.25) is 4.98 Å². The number of aromatic nitrogens is 1. The molecule has 2 aromatic rings. The highest BCUT2D eigenvalue weighted by Gasteiger charge is 2.10. The molecule has 0 aliphatic carbocycles. The second-order valence-electron chi connectivity index (χ2n) is 4.21. The number of nitrogen functional groups attached to an aromatic ring is 1. The molecule has 0 saturated carbocycles. The number of anilines is 1. The first-order valence-corrected chi connectivity index (χ1v) is 5.60. The highest BCUT2D eigenvalue weighted by molar-refractivity contribution is 5.45. The van der Waals surface area contributed by atoms with E-state index in [-0.39, 0.29) is 0 Å². The van der Waals surface area contributed by atoms with Crippen molar-refractivity contribution in [3.8, 4) is 0 Å². The maximum Gasteiger partial charge on any atom is 0.0831 e. The lowest BCUT2D eigenvalue weighted by atomic mass is 10.0. The second kappa shape index (κ2) is 4.97. The van der Waals surface area contributed by atoms with Crippen LogP contribution in [0.3, 0.4) is 0 Å². The van der Waals surface area contributed by atoms with E-state index in [1.807, 2.05) is 31.2 Å². The fourth-order valence-corrected chi connectivity index (χ4v) is 1.81. The molecule has 1 unspecified atom stereocenters. The Hall–Kier alpha value is -1.87. The Morgan fingerprint density at radius 3 is 2.88 bits per heavy atom. The number of nitrogens with two attached hydrogens (primary N) is 1. The van der Waals surface area contributed by atoms with Gasteiger partial charge >= 0.3 is 0 Å². The third-order valence-electron chi connectivity index (χ3n) is 2.78. The summed E-state index contributed by atoms with van der Waals surface area (Å²) in [5, 5.41) is 10.1. The van der Waals surface area contributed by atoms with Gasteiger partial charge in [-0.25, -0.2) is 0 Å². The zero-order valence-electron chi connectivity index (χ0n) is 9.80. The van der Waals surface area contributed by atoms with Crippen LogP contribution in [0.4, 0.5) is 5.69 Å². The summed E-state index contributed by atoms with van der Waals surface area (Å²) < 4.78 is 0. The van der Waals surface area contributed by atoms with Gasteiger partial charge in [0.25, 0.3) is 0 Å². The second-order valence-corrected chi connectivity index (χ2v) is 4.21. The molecule has 0 spiro atoms. The smallest absolute Gasteiger partial charge is 0.0831 e. The van der Waals surface area contributed by atoms with Crippen molar-refractivity contribution in [2.45, 2.75) is 19.4 Å². The molecule has 88 valence electrons. The lowest BCUT2D eigenvalue weighted by Crippen LogP contribution is -2.04. The summed E-state index contributed by atoms with van der Waals surface area (Å²) in [6.45, 7) is 2.01. The quantitative estimate of drug-likeness (QED) is 0.847. The summed E-state index contributed by atoms with van der Waals surface area (Å²) in [6, 6.07) is 9.61. The van der Waals surface area contributed by atoms with Crippen molar-refractivity contribution in [3.63, 3.8) is 0 Å². The number of rotatable bonds is 3. The molecule has 0 radical (unpaired) electrons. The van der Waals surface area contributed by atoms with Gasteiger partial charge in [0.15, 0.2) is 0 Å². The van der Waals surface area contributed by atoms with Crippen LogP contribution in [-0.4, -0.2) is 10.1 Å². The van der Waals surface area contributed by atoms with Crippen LogP contribution >= 0.6 is 0 Å². The number of hydrogen-bond acceptors (Lipinski definition) is 3. The molecule has 0 saturated heterocycles. The van der Waals surface area contributed by atoms with Gasteiger partial charge in [0.05, 0.1) is 6.10 Å². The summed E-state index contributed by atoms with van der Waals surface area (Å²) in [4.78, 5) is 4.02. The van der Waals surface area contributed by atoms with E-state index in [2.05, 4.69) is 4.98 Å². The molecule has 1 atom stereocenters. The first-order valence-electron chi connectivity index (χ1n) is 5.60. The van der Waals surface area contributed by atoms with E-state index in [4.69, 9.17) is 5.73 Å². The minimum Gasteiger partial charge on any atom is -0.398 e. The third kappa shape index (κ3) is 2.82. The first kappa shape index (κ1) is 11.6. The molecule has 0 aliphatic heterocycles. The molecule has 0 bridgehead atoms. The molecular weight excluding hydrogens is 212 g/mol. The number of hydrogen-bond donors (Lipinski definition) is 2. The lowest BCUT2D eigenvalue weighted by molar-refractivity contribution is 0.178. The minimum atomic E-state index is -0.540. The van der Waals surface area contributed by atoms with Crippen LogP contribution < -0.4 is 5.73 Å². The standard InChI is InChI=1S/C14H16N2O/c1-10-3-2-4-11(7-10)14(17)8-12-9-16-6-5-13(12)15/h2-7,9,14,17H,8H2,1H3,(H2,15,16). The number of pyridine rings is 1. The molecule has 0 amide bonds. The van der Waals surface area contributed by atoms with Crippen molar-refractivity contribution in [2.24, 2.45) is 0 Å². The molecule has 3 heteroatoms. The van der Waals surface area contributed by atoms with E-state index in [9.17, 15) is 5.11 Å². The Morgan fingerprint density at radius 2 is 2.18 bits per heavy atom. The number of aliphatic hydroxyl groups excluding tert-OH is 1. The molecule has 1 aromatic heterocycles. The average Bonchev–Trinajstić information content (AvgIpc) is 2.32. The monoisotopic (exact) mass is 228 g/mol. The van der Waals surface area contributed by atoms with Crippen LogP contribution in [0, 0.1) is 6.92 Å². The van der Waals surface area contributed by atoms with Gasteiger partial charge in [-0.15, -0.1) is 0 Å². The van der Waals surface area contributed by atoms with Crippen molar-refractivity contribution in [2.75, 3.05) is 5.73 Å². The number of benzene rings is 1. The summed E-state index contributed by atoms with van der Waals surface area (Å²) >= 11 is 0. The number of aryl methyl sites for hydroxylation is 1. The lowest BCUT2D eigenvalue weighted by Gasteiger charge is -2.12. The Bertz CT molecular complexity index is 511. The summed E-state index contributed by atoms with van der Waals surface area (Å²) in [5.41, 5.74) is 9.42. The van der Waals surface area contributed by atoms with Gasteiger partial charge in [-0.1, -0.05) is 29.8 Å². The average molecular weight is 228 g/mol. The Kier molecular flexibility index (Phi) is 3.40. The largest absolute Gasteiger partial charge is 0.398 e. The van der Waals surface area contributed by atoms with E-state index in [1.54, 1.807) is 18.5 Å². The summed E-state index contributed by atoms with van der Waals surface area (Å²) in [7, 11) is 0. The Morgan fingerprint density at radius 1 is 1.35 bits per heavy atom.